The van der Waals surface area contributed by atoms with E-state index in [1.165, 1.54) is 36.4 Å². The summed E-state index contributed by atoms with van der Waals surface area (Å²) in [6.07, 6.45) is 1.64. The third-order valence-corrected chi connectivity index (χ3v) is 4.56. The molecule has 0 fully saturated rings. The van der Waals surface area contributed by atoms with Crippen molar-refractivity contribution in [2.24, 2.45) is 5.16 Å². The number of carbonyl (C=O) groups is 1. The number of hydrogen-bond acceptors (Lipinski definition) is 6. The first-order valence-electron chi connectivity index (χ1n) is 9.23. The van der Waals surface area contributed by atoms with Crippen LogP contribution >= 0.6 is 0 Å². The molecule has 0 saturated heterocycles. The largest absolute Gasteiger partial charge is 0.489 e. The molecule has 0 bridgehead atoms. The molecule has 154 valence electrons. The predicted molar refractivity (Wildman–Crippen MR) is 111 cm³/mol. The topological polar surface area (TPSA) is 91.0 Å². The number of ether oxygens (including phenoxy) is 1. The number of nitrogens with zero attached hydrogens (tertiary/aromatic N) is 2. The van der Waals surface area contributed by atoms with E-state index in [0.29, 0.717) is 17.0 Å². The van der Waals surface area contributed by atoms with Crippen molar-refractivity contribution in [3.8, 4) is 5.75 Å². The van der Waals surface area contributed by atoms with Gasteiger partial charge < -0.3 is 9.57 Å². The smallest absolute Gasteiger partial charge is 0.368 e. The van der Waals surface area contributed by atoms with E-state index in [0.717, 1.165) is 11.1 Å². The molecule has 4 rings (SSSR count). The highest BCUT2D eigenvalue weighted by Crippen LogP contribution is 2.23. The molecule has 7 nitrogen and oxygen atoms in total. The van der Waals surface area contributed by atoms with Crippen LogP contribution in [0.4, 0.5) is 10.1 Å². The van der Waals surface area contributed by atoms with Gasteiger partial charge in [0.15, 0.2) is 0 Å². The lowest BCUT2D eigenvalue weighted by atomic mass is 10.0. The van der Waals surface area contributed by atoms with Gasteiger partial charge in [-0.25, -0.2) is 9.18 Å². The molecular weight excluding hydrogens is 403 g/mol. The highest BCUT2D eigenvalue weighted by Gasteiger charge is 2.26. The molecule has 1 aliphatic rings. The third kappa shape index (κ3) is 4.64. The van der Waals surface area contributed by atoms with Crippen molar-refractivity contribution < 1.29 is 23.7 Å². The second-order valence-electron chi connectivity index (χ2n) is 6.66. The maximum absolute atomic E-state index is 13.2. The Balaban J connectivity index is 1.45. The summed E-state index contributed by atoms with van der Waals surface area (Å²) in [4.78, 5) is 27.1. The van der Waals surface area contributed by atoms with Gasteiger partial charge in [-0.05, 0) is 65.7 Å². The molecule has 0 saturated carbocycles. The molecular formula is C23H15FN2O5. The van der Waals surface area contributed by atoms with E-state index in [9.17, 15) is 19.3 Å². The number of non-ortho nitro benzene ring substituents is 1. The Bertz CT molecular complexity index is 1180. The summed E-state index contributed by atoms with van der Waals surface area (Å²) < 4.78 is 18.9. The van der Waals surface area contributed by atoms with Gasteiger partial charge in [-0.2, -0.15) is 0 Å². The second-order valence-corrected chi connectivity index (χ2v) is 6.66. The monoisotopic (exact) mass is 418 g/mol. The summed E-state index contributed by atoms with van der Waals surface area (Å²) in [5.74, 6) is -0.371. The number of rotatable bonds is 6. The van der Waals surface area contributed by atoms with Gasteiger partial charge in [-0.1, -0.05) is 17.3 Å². The van der Waals surface area contributed by atoms with Gasteiger partial charge in [-0.3, -0.25) is 10.1 Å². The standard InChI is InChI=1S/C23H15FN2O5/c24-18-7-5-17(6-8-18)22-21(23(27)31-25-22)13-15-3-11-20(12-4-15)30-14-16-1-9-19(10-2-16)26(28)29/h1-13H,14H2/b21-13-. The third-order valence-electron chi connectivity index (χ3n) is 4.56. The Morgan fingerprint density at radius 2 is 1.68 bits per heavy atom. The molecule has 0 unspecified atom stereocenters. The first kappa shape index (κ1) is 20.0. The lowest BCUT2D eigenvalue weighted by Crippen LogP contribution is -2.06. The molecule has 0 amide bonds. The van der Waals surface area contributed by atoms with Crippen LogP contribution in [0.2, 0.25) is 0 Å². The SMILES string of the molecule is O=C1ON=C(c2ccc(F)cc2)/C1=C/c1ccc(OCc2ccc([N+](=O)[O-])cc2)cc1. The van der Waals surface area contributed by atoms with Crippen molar-refractivity contribution >= 4 is 23.4 Å². The van der Waals surface area contributed by atoms with Gasteiger partial charge in [-0.15, -0.1) is 0 Å². The molecule has 0 radical (unpaired) electrons. The number of nitro benzene ring substituents is 1. The summed E-state index contributed by atoms with van der Waals surface area (Å²) in [6, 6.07) is 18.8. The highest BCUT2D eigenvalue weighted by atomic mass is 19.1. The average molecular weight is 418 g/mol. The predicted octanol–water partition coefficient (Wildman–Crippen LogP) is 4.66. The van der Waals surface area contributed by atoms with Gasteiger partial charge in [0.1, 0.15) is 23.9 Å². The average Bonchev–Trinajstić information content (AvgIpc) is 3.14. The molecule has 0 N–H and O–H groups in total. The van der Waals surface area contributed by atoms with Crippen LogP contribution in [0.25, 0.3) is 6.08 Å². The van der Waals surface area contributed by atoms with Crippen molar-refractivity contribution in [3.63, 3.8) is 0 Å². The molecule has 0 atom stereocenters. The van der Waals surface area contributed by atoms with Crippen LogP contribution in [0.3, 0.4) is 0 Å². The van der Waals surface area contributed by atoms with E-state index in [-0.39, 0.29) is 23.7 Å². The van der Waals surface area contributed by atoms with E-state index in [1.807, 2.05) is 0 Å². The number of carbonyl (C=O) groups excluding carboxylic acids is 1. The number of hydrogen-bond donors (Lipinski definition) is 0. The van der Waals surface area contributed by atoms with Crippen molar-refractivity contribution in [2.75, 3.05) is 0 Å². The lowest BCUT2D eigenvalue weighted by Gasteiger charge is -2.07. The molecule has 1 aliphatic heterocycles. The van der Waals surface area contributed by atoms with Crippen LogP contribution in [0.5, 0.6) is 5.75 Å². The Morgan fingerprint density at radius 1 is 1.00 bits per heavy atom. The van der Waals surface area contributed by atoms with Crippen LogP contribution in [-0.4, -0.2) is 16.6 Å². The number of benzene rings is 3. The first-order valence-corrected chi connectivity index (χ1v) is 9.23. The van der Waals surface area contributed by atoms with Gasteiger partial charge >= 0.3 is 5.97 Å². The normalized spacial score (nSPS) is 14.3. The Labute approximate surface area is 176 Å². The van der Waals surface area contributed by atoms with Gasteiger partial charge in [0.2, 0.25) is 0 Å². The van der Waals surface area contributed by atoms with Crippen molar-refractivity contribution in [2.45, 2.75) is 6.61 Å². The molecule has 31 heavy (non-hydrogen) atoms. The van der Waals surface area contributed by atoms with E-state index in [1.54, 1.807) is 42.5 Å². The first-order chi connectivity index (χ1) is 15.0. The zero-order valence-electron chi connectivity index (χ0n) is 16.0. The van der Waals surface area contributed by atoms with Crippen molar-refractivity contribution in [1.82, 2.24) is 0 Å². The summed E-state index contributed by atoms with van der Waals surface area (Å²) in [5.41, 5.74) is 2.73. The minimum Gasteiger partial charge on any atom is -0.489 e. The Morgan fingerprint density at radius 3 is 2.32 bits per heavy atom. The Kier molecular flexibility index (Phi) is 5.53. The van der Waals surface area contributed by atoms with Gasteiger partial charge in [0, 0.05) is 17.7 Å². The molecule has 0 aliphatic carbocycles. The maximum Gasteiger partial charge on any atom is 0.368 e. The van der Waals surface area contributed by atoms with E-state index < -0.39 is 10.9 Å². The van der Waals surface area contributed by atoms with E-state index >= 15 is 0 Å². The van der Waals surface area contributed by atoms with Crippen LogP contribution in [0.1, 0.15) is 16.7 Å². The molecule has 8 heteroatoms. The van der Waals surface area contributed by atoms with Crippen LogP contribution in [0.15, 0.2) is 83.5 Å². The number of oxime groups is 1. The molecule has 1 heterocycles. The van der Waals surface area contributed by atoms with Crippen LogP contribution in [-0.2, 0) is 16.2 Å². The highest BCUT2D eigenvalue weighted by molar-refractivity contribution is 6.31. The second kappa shape index (κ2) is 8.58. The lowest BCUT2D eigenvalue weighted by molar-refractivity contribution is -0.384. The van der Waals surface area contributed by atoms with Crippen LogP contribution < -0.4 is 4.74 Å². The van der Waals surface area contributed by atoms with Gasteiger partial charge in [0.25, 0.3) is 5.69 Å². The minimum atomic E-state index is -0.585. The fraction of sp³-hybridized carbons (Fsp3) is 0.0435. The van der Waals surface area contributed by atoms with E-state index in [4.69, 9.17) is 9.57 Å². The summed E-state index contributed by atoms with van der Waals surface area (Å²) in [7, 11) is 0. The minimum absolute atomic E-state index is 0.0233. The quantitative estimate of drug-likeness (QED) is 0.251. The van der Waals surface area contributed by atoms with Crippen molar-refractivity contribution in [3.05, 3.63) is 111 Å². The zero-order chi connectivity index (χ0) is 21.8. The van der Waals surface area contributed by atoms with Crippen LogP contribution in [0, 0.1) is 15.9 Å². The molecule has 0 aromatic heterocycles. The number of halogens is 1. The van der Waals surface area contributed by atoms with Crippen molar-refractivity contribution in [1.29, 1.82) is 0 Å². The van der Waals surface area contributed by atoms with Gasteiger partial charge in [0.05, 0.1) is 10.5 Å². The summed E-state index contributed by atoms with van der Waals surface area (Å²) in [5, 5.41) is 14.5. The number of nitro groups is 1. The molecule has 3 aromatic rings. The summed E-state index contributed by atoms with van der Waals surface area (Å²) >= 11 is 0. The maximum atomic E-state index is 13.2. The fourth-order valence-electron chi connectivity index (χ4n) is 2.93. The molecule has 3 aromatic carbocycles. The summed E-state index contributed by atoms with van der Waals surface area (Å²) in [6.45, 7) is 0.256. The zero-order valence-corrected chi connectivity index (χ0v) is 16.0. The fourth-order valence-corrected chi connectivity index (χ4v) is 2.93. The molecule has 0 spiro atoms. The Hall–Kier alpha value is -4.33. The van der Waals surface area contributed by atoms with E-state index in [2.05, 4.69) is 5.16 Å².